The summed E-state index contributed by atoms with van der Waals surface area (Å²) in [7, 11) is 0. The highest BCUT2D eigenvalue weighted by Gasteiger charge is 2.22. The Balaban J connectivity index is 2.20. The van der Waals surface area contributed by atoms with Crippen LogP contribution in [-0.4, -0.2) is 16.9 Å². The summed E-state index contributed by atoms with van der Waals surface area (Å²) in [4.78, 5) is 14.3. The third kappa shape index (κ3) is 7.16. The predicted molar refractivity (Wildman–Crippen MR) is 110 cm³/mol. The lowest BCUT2D eigenvalue weighted by Gasteiger charge is -2.31. The molecule has 0 saturated heterocycles. The van der Waals surface area contributed by atoms with Gasteiger partial charge in [0, 0.05) is 19.1 Å². The van der Waals surface area contributed by atoms with E-state index in [1.807, 2.05) is 12.1 Å². The minimum absolute atomic E-state index is 0.146. The SMILES string of the molecule is CCCC[C@@H](CC(=O)OI)N(Cc1ccccc1)Cc1ccccc1. The van der Waals surface area contributed by atoms with Gasteiger partial charge in [-0.3, -0.25) is 9.69 Å². The molecule has 1 atom stereocenters. The molecule has 0 bridgehead atoms. The lowest BCUT2D eigenvalue weighted by Crippen LogP contribution is -2.36. The van der Waals surface area contributed by atoms with Gasteiger partial charge >= 0.3 is 5.97 Å². The Morgan fingerprint density at radius 3 is 1.96 bits per heavy atom. The Hall–Kier alpha value is -1.40. The van der Waals surface area contributed by atoms with Crippen LogP contribution in [0.2, 0.25) is 0 Å². The summed E-state index contributed by atoms with van der Waals surface area (Å²) in [6.45, 7) is 3.85. The van der Waals surface area contributed by atoms with Crippen molar-refractivity contribution in [2.24, 2.45) is 0 Å². The lowest BCUT2D eigenvalue weighted by atomic mass is 10.0. The van der Waals surface area contributed by atoms with Crippen LogP contribution in [0.4, 0.5) is 0 Å². The summed E-state index contributed by atoms with van der Waals surface area (Å²) in [5.41, 5.74) is 2.53. The number of carbonyl (C=O) groups is 1. The van der Waals surface area contributed by atoms with Gasteiger partial charge in [-0.25, -0.2) is 0 Å². The van der Waals surface area contributed by atoms with Gasteiger partial charge in [-0.2, -0.15) is 0 Å². The molecule has 4 heteroatoms. The van der Waals surface area contributed by atoms with Crippen LogP contribution in [0.25, 0.3) is 0 Å². The van der Waals surface area contributed by atoms with Gasteiger partial charge in [0.2, 0.25) is 0 Å². The number of rotatable bonds is 10. The van der Waals surface area contributed by atoms with E-state index in [0.717, 1.165) is 32.4 Å². The zero-order chi connectivity index (χ0) is 17.9. The molecule has 134 valence electrons. The van der Waals surface area contributed by atoms with E-state index >= 15 is 0 Å². The first-order valence-corrected chi connectivity index (χ1v) is 9.74. The van der Waals surface area contributed by atoms with E-state index in [2.05, 4.69) is 60.4 Å². The number of nitrogens with zero attached hydrogens (tertiary/aromatic N) is 1. The van der Waals surface area contributed by atoms with Crippen molar-refractivity contribution in [1.82, 2.24) is 4.90 Å². The molecule has 2 rings (SSSR count). The van der Waals surface area contributed by atoms with Gasteiger partial charge in [-0.1, -0.05) is 80.4 Å². The summed E-state index contributed by atoms with van der Waals surface area (Å²) in [6, 6.07) is 21.1. The Bertz CT molecular complexity index is 577. The maximum Gasteiger partial charge on any atom is 0.316 e. The summed E-state index contributed by atoms with van der Waals surface area (Å²) >= 11 is 1.69. The molecule has 3 nitrogen and oxygen atoms in total. The summed E-state index contributed by atoms with van der Waals surface area (Å²) in [6.07, 6.45) is 3.67. The molecule has 0 aromatic heterocycles. The van der Waals surface area contributed by atoms with Crippen molar-refractivity contribution in [2.45, 2.75) is 51.7 Å². The predicted octanol–water partition coefficient (Wildman–Crippen LogP) is 5.53. The maximum absolute atomic E-state index is 11.9. The third-order valence-corrected chi connectivity index (χ3v) is 4.84. The molecule has 0 aliphatic carbocycles. The second-order valence-corrected chi connectivity index (χ2v) is 6.77. The minimum Gasteiger partial charge on any atom is -0.394 e. The van der Waals surface area contributed by atoms with Crippen LogP contribution in [0.1, 0.15) is 43.7 Å². The largest absolute Gasteiger partial charge is 0.394 e. The first kappa shape index (κ1) is 19.9. The zero-order valence-corrected chi connectivity index (χ0v) is 16.9. The van der Waals surface area contributed by atoms with E-state index in [1.54, 1.807) is 23.0 Å². The van der Waals surface area contributed by atoms with E-state index in [9.17, 15) is 4.79 Å². The van der Waals surface area contributed by atoms with Crippen molar-refractivity contribution in [1.29, 1.82) is 0 Å². The van der Waals surface area contributed by atoms with Crippen LogP contribution in [0.15, 0.2) is 60.7 Å². The van der Waals surface area contributed by atoms with Crippen molar-refractivity contribution in [3.63, 3.8) is 0 Å². The number of unbranched alkanes of at least 4 members (excludes halogenated alkanes) is 1. The van der Waals surface area contributed by atoms with Gasteiger partial charge in [-0.05, 0) is 17.5 Å². The standard InChI is InChI=1S/C21H26INO2/c1-2-3-14-20(15-21(24)25-22)23(16-18-10-6-4-7-11-18)17-19-12-8-5-9-13-19/h4-13,20H,2-3,14-17H2,1H3/t20-/m0/s1. The molecular formula is C21H26INO2. The summed E-state index contributed by atoms with van der Waals surface area (Å²) in [5.74, 6) is -0.146. The van der Waals surface area contributed by atoms with E-state index in [1.165, 1.54) is 11.1 Å². The first-order chi connectivity index (χ1) is 12.2. The quantitative estimate of drug-likeness (QED) is 0.445. The fourth-order valence-corrected chi connectivity index (χ4v) is 3.21. The Kier molecular flexibility index (Phi) is 8.97. The van der Waals surface area contributed by atoms with Gasteiger partial charge in [0.05, 0.1) is 6.42 Å². The van der Waals surface area contributed by atoms with E-state index in [4.69, 9.17) is 3.07 Å². The fraction of sp³-hybridized carbons (Fsp3) is 0.381. The number of hydrogen-bond acceptors (Lipinski definition) is 3. The normalized spacial score (nSPS) is 12.1. The van der Waals surface area contributed by atoms with Crippen LogP contribution >= 0.6 is 23.0 Å². The van der Waals surface area contributed by atoms with Crippen molar-refractivity contribution < 1.29 is 7.86 Å². The monoisotopic (exact) mass is 451 g/mol. The smallest absolute Gasteiger partial charge is 0.316 e. The van der Waals surface area contributed by atoms with Crippen LogP contribution in [0, 0.1) is 0 Å². The van der Waals surface area contributed by atoms with Crippen LogP contribution < -0.4 is 0 Å². The molecule has 0 heterocycles. The third-order valence-electron chi connectivity index (χ3n) is 4.35. The average Bonchev–Trinajstić information content (AvgIpc) is 2.66. The molecule has 0 N–H and O–H groups in total. The fourth-order valence-electron chi connectivity index (χ4n) is 3.03. The highest BCUT2D eigenvalue weighted by molar-refractivity contribution is 14.1. The summed E-state index contributed by atoms with van der Waals surface area (Å²) < 4.78 is 4.92. The topological polar surface area (TPSA) is 29.5 Å². The molecule has 0 spiro atoms. The second kappa shape index (κ2) is 11.3. The lowest BCUT2D eigenvalue weighted by molar-refractivity contribution is -0.133. The molecule has 2 aromatic rings. The molecule has 0 fully saturated rings. The Labute approximate surface area is 165 Å². The molecule has 0 radical (unpaired) electrons. The van der Waals surface area contributed by atoms with Crippen molar-refractivity contribution in [3.8, 4) is 0 Å². The van der Waals surface area contributed by atoms with Gasteiger partial charge in [-0.15, -0.1) is 0 Å². The number of benzene rings is 2. The average molecular weight is 451 g/mol. The minimum atomic E-state index is -0.146. The van der Waals surface area contributed by atoms with E-state index < -0.39 is 0 Å². The molecule has 0 aliphatic rings. The molecule has 0 unspecified atom stereocenters. The number of carbonyl (C=O) groups excluding carboxylic acids is 1. The number of hydrogen-bond donors (Lipinski definition) is 0. The molecule has 25 heavy (non-hydrogen) atoms. The number of halogens is 1. The van der Waals surface area contributed by atoms with Gasteiger partial charge in [0.1, 0.15) is 0 Å². The van der Waals surface area contributed by atoms with Gasteiger partial charge < -0.3 is 3.07 Å². The first-order valence-electron chi connectivity index (χ1n) is 8.86. The van der Waals surface area contributed by atoms with Crippen LogP contribution in [0.3, 0.4) is 0 Å². The van der Waals surface area contributed by atoms with Crippen LogP contribution in [-0.2, 0) is 21.0 Å². The maximum atomic E-state index is 11.9. The molecule has 0 saturated carbocycles. The van der Waals surface area contributed by atoms with Crippen molar-refractivity contribution in [2.75, 3.05) is 0 Å². The van der Waals surface area contributed by atoms with E-state index in [0.29, 0.717) is 6.42 Å². The molecule has 0 amide bonds. The van der Waals surface area contributed by atoms with E-state index in [-0.39, 0.29) is 12.0 Å². The Morgan fingerprint density at radius 1 is 1.00 bits per heavy atom. The Morgan fingerprint density at radius 2 is 1.52 bits per heavy atom. The highest BCUT2D eigenvalue weighted by Crippen LogP contribution is 2.20. The highest BCUT2D eigenvalue weighted by atomic mass is 127. The zero-order valence-electron chi connectivity index (χ0n) is 14.7. The van der Waals surface area contributed by atoms with Gasteiger partial charge in [0.25, 0.3) is 0 Å². The second-order valence-electron chi connectivity index (χ2n) is 6.33. The molecule has 0 aliphatic heterocycles. The van der Waals surface area contributed by atoms with Crippen LogP contribution in [0.5, 0.6) is 0 Å². The van der Waals surface area contributed by atoms with Gasteiger partial charge in [0.15, 0.2) is 23.0 Å². The molecular weight excluding hydrogens is 425 g/mol. The van der Waals surface area contributed by atoms with Crippen molar-refractivity contribution >= 4 is 29.0 Å². The molecule has 2 aromatic carbocycles. The summed E-state index contributed by atoms with van der Waals surface area (Å²) in [5, 5.41) is 0. The van der Waals surface area contributed by atoms with Crippen molar-refractivity contribution in [3.05, 3.63) is 71.8 Å².